The lowest BCUT2D eigenvalue weighted by Crippen LogP contribution is -2.62. The van der Waals surface area contributed by atoms with E-state index in [1.54, 1.807) is 26.1 Å². The first kappa shape index (κ1) is 26.3. The molecule has 3 aromatic rings. The van der Waals surface area contributed by atoms with Gasteiger partial charge in [0.25, 0.3) is 5.69 Å². The molecule has 37 heavy (non-hydrogen) atoms. The first-order valence-corrected chi connectivity index (χ1v) is 11.6. The fourth-order valence-corrected chi connectivity index (χ4v) is 4.85. The molecule has 0 aliphatic carbocycles. The highest BCUT2D eigenvalue weighted by Crippen LogP contribution is 2.48. The minimum Gasteiger partial charge on any atom is -0.508 e. The van der Waals surface area contributed by atoms with Crippen molar-refractivity contribution >= 4 is 11.4 Å². The second-order valence-corrected chi connectivity index (χ2v) is 8.95. The summed E-state index contributed by atoms with van der Waals surface area (Å²) in [5.41, 5.74) is 0.284. The molecule has 2 aromatic carbocycles. The summed E-state index contributed by atoms with van der Waals surface area (Å²) in [5.74, 6) is 0.780. The summed E-state index contributed by atoms with van der Waals surface area (Å²) in [6.45, 7) is 3.69. The van der Waals surface area contributed by atoms with Gasteiger partial charge in [-0.2, -0.15) is 4.80 Å². The van der Waals surface area contributed by atoms with Crippen LogP contribution in [0, 0.1) is 10.1 Å². The minimum atomic E-state index is -1.41. The first-order chi connectivity index (χ1) is 17.6. The van der Waals surface area contributed by atoms with Gasteiger partial charge in [-0.25, -0.2) is 0 Å². The van der Waals surface area contributed by atoms with Crippen molar-refractivity contribution in [3.63, 3.8) is 0 Å². The fourth-order valence-electron chi connectivity index (χ4n) is 4.85. The zero-order valence-corrected chi connectivity index (χ0v) is 21.2. The molecule has 0 spiro atoms. The zero-order valence-electron chi connectivity index (χ0n) is 21.2. The van der Waals surface area contributed by atoms with E-state index in [-0.39, 0.29) is 18.0 Å². The largest absolute Gasteiger partial charge is 0.508 e. The number of tetrazole rings is 1. The summed E-state index contributed by atoms with van der Waals surface area (Å²) < 4.78 is 17.2. The number of nitrogens with zero attached hydrogens (tertiary/aromatic N) is 6. The number of nitro groups is 1. The van der Waals surface area contributed by atoms with Crippen LogP contribution in [0.4, 0.5) is 11.4 Å². The predicted molar refractivity (Wildman–Crippen MR) is 131 cm³/mol. The number of ether oxygens (including phenoxy) is 3. The van der Waals surface area contributed by atoms with E-state index in [1.807, 2.05) is 11.8 Å². The Kier molecular flexibility index (Phi) is 7.30. The smallest absolute Gasteiger partial charge is 0.270 e. The van der Waals surface area contributed by atoms with Crippen LogP contribution in [0.3, 0.4) is 0 Å². The molecular weight excluding hydrogens is 484 g/mol. The molecule has 198 valence electrons. The second-order valence-electron chi connectivity index (χ2n) is 8.95. The number of methoxy groups -OCH3 is 2. The Morgan fingerprint density at radius 3 is 2.59 bits per heavy atom. The maximum atomic E-state index is 11.9. The maximum Gasteiger partial charge on any atom is 0.270 e. The predicted octanol–water partition coefficient (Wildman–Crippen LogP) is 2.27. The van der Waals surface area contributed by atoms with Gasteiger partial charge < -0.3 is 29.3 Å². The van der Waals surface area contributed by atoms with Crippen molar-refractivity contribution in [1.82, 2.24) is 20.2 Å². The summed E-state index contributed by atoms with van der Waals surface area (Å²) in [5, 5.41) is 46.1. The van der Waals surface area contributed by atoms with Crippen LogP contribution >= 0.6 is 0 Å². The van der Waals surface area contributed by atoms with Gasteiger partial charge in [-0.05, 0) is 48.4 Å². The number of aliphatic hydroxyl groups excluding tert-OH is 1. The van der Waals surface area contributed by atoms with Crippen molar-refractivity contribution < 1.29 is 29.3 Å². The number of benzene rings is 2. The number of hydrogen-bond donors (Lipinski definition) is 2. The maximum absolute atomic E-state index is 11.9. The zero-order chi connectivity index (χ0) is 26.9. The lowest BCUT2D eigenvalue weighted by Gasteiger charge is -2.50. The Bertz CT molecular complexity index is 1280. The molecule has 1 aliphatic heterocycles. The Morgan fingerprint density at radius 2 is 2.00 bits per heavy atom. The van der Waals surface area contributed by atoms with Gasteiger partial charge in [0, 0.05) is 37.6 Å². The van der Waals surface area contributed by atoms with Gasteiger partial charge in [-0.1, -0.05) is 6.92 Å². The van der Waals surface area contributed by atoms with Crippen LogP contribution in [0.2, 0.25) is 0 Å². The molecule has 2 N–H and O–H groups in total. The van der Waals surface area contributed by atoms with Gasteiger partial charge in [0.15, 0.2) is 17.7 Å². The molecule has 4 rings (SSSR count). The third-order valence-electron chi connectivity index (χ3n) is 6.59. The third kappa shape index (κ3) is 4.80. The topological polar surface area (TPSA) is 158 Å². The molecule has 13 heteroatoms. The van der Waals surface area contributed by atoms with Crippen molar-refractivity contribution in [2.45, 2.75) is 50.8 Å². The van der Waals surface area contributed by atoms with Gasteiger partial charge >= 0.3 is 0 Å². The van der Waals surface area contributed by atoms with Crippen molar-refractivity contribution in [1.29, 1.82) is 0 Å². The highest BCUT2D eigenvalue weighted by atomic mass is 16.7. The summed E-state index contributed by atoms with van der Waals surface area (Å²) in [6, 6.07) is 8.25. The van der Waals surface area contributed by atoms with E-state index in [9.17, 15) is 20.3 Å². The van der Waals surface area contributed by atoms with Gasteiger partial charge in [0.1, 0.15) is 17.6 Å². The monoisotopic (exact) mass is 514 g/mol. The van der Waals surface area contributed by atoms with Crippen LogP contribution in [0.15, 0.2) is 36.4 Å². The standard InChI is InChI=1S/C24H30N6O7/c1-6-14-11-16(31)8-9-18(14)29(13-20-25-27-28(3)26-20)21-17-12-15(30(33)34)7-10-19(17)37-24(2,22(21)32)23(35-4)36-5/h7-12,21-23,31-32H,6,13H2,1-5H3/t21-,22+,24-/m0/s1. The molecule has 1 aliphatic rings. The van der Waals surface area contributed by atoms with E-state index in [4.69, 9.17) is 14.2 Å². The van der Waals surface area contributed by atoms with Crippen LogP contribution < -0.4 is 9.64 Å². The Labute approximate surface area is 213 Å². The summed E-state index contributed by atoms with van der Waals surface area (Å²) in [6.07, 6.45) is -1.72. The Hall–Kier alpha value is -3.81. The summed E-state index contributed by atoms with van der Waals surface area (Å²) >= 11 is 0. The first-order valence-electron chi connectivity index (χ1n) is 11.6. The molecule has 0 fully saturated rings. The molecule has 0 unspecified atom stereocenters. The highest BCUT2D eigenvalue weighted by molar-refractivity contribution is 5.60. The fraction of sp³-hybridized carbons (Fsp3) is 0.458. The average Bonchev–Trinajstić information content (AvgIpc) is 3.28. The summed E-state index contributed by atoms with van der Waals surface area (Å²) in [4.78, 5) is 14.3. The number of rotatable bonds is 9. The number of nitro benzene ring substituents is 1. The molecule has 0 bridgehead atoms. The molecule has 0 radical (unpaired) electrons. The lowest BCUT2D eigenvalue weighted by atomic mass is 9.83. The number of non-ortho nitro benzene ring substituents is 1. The second kappa shape index (κ2) is 10.3. The molecule has 1 aromatic heterocycles. The highest BCUT2D eigenvalue weighted by Gasteiger charge is 2.54. The van der Waals surface area contributed by atoms with Crippen LogP contribution in [-0.2, 0) is 29.5 Å². The Balaban J connectivity index is 1.97. The van der Waals surface area contributed by atoms with Crippen molar-refractivity contribution in [2.24, 2.45) is 7.05 Å². The number of fused-ring (bicyclic) bond motifs is 1. The molecular formula is C24H30N6O7. The van der Waals surface area contributed by atoms with Crippen LogP contribution in [0.5, 0.6) is 11.5 Å². The number of phenols is 1. The van der Waals surface area contributed by atoms with Crippen molar-refractivity contribution in [3.05, 3.63) is 63.5 Å². The van der Waals surface area contributed by atoms with Gasteiger partial charge in [-0.15, -0.1) is 10.2 Å². The Morgan fingerprint density at radius 1 is 1.27 bits per heavy atom. The number of phenolic OH excluding ortho intramolecular Hbond substituents is 1. The van der Waals surface area contributed by atoms with E-state index >= 15 is 0 Å². The van der Waals surface area contributed by atoms with E-state index < -0.39 is 29.0 Å². The van der Waals surface area contributed by atoms with Crippen LogP contribution in [0.1, 0.15) is 36.8 Å². The van der Waals surface area contributed by atoms with E-state index in [0.717, 1.165) is 5.56 Å². The number of aryl methyl sites for hydroxylation is 2. The van der Waals surface area contributed by atoms with Gasteiger partial charge in [0.05, 0.1) is 24.6 Å². The lowest BCUT2D eigenvalue weighted by molar-refractivity contribution is -0.385. The average molecular weight is 515 g/mol. The van der Waals surface area contributed by atoms with Gasteiger partial charge in [0.2, 0.25) is 0 Å². The van der Waals surface area contributed by atoms with Gasteiger partial charge in [-0.3, -0.25) is 10.1 Å². The normalized spacial score (nSPS) is 20.9. The quantitative estimate of drug-likeness (QED) is 0.245. The van der Waals surface area contributed by atoms with E-state index in [1.165, 1.54) is 43.3 Å². The molecule has 13 nitrogen and oxygen atoms in total. The van der Waals surface area contributed by atoms with E-state index in [2.05, 4.69) is 15.4 Å². The number of anilines is 1. The molecule has 0 saturated heterocycles. The molecule has 0 amide bonds. The molecule has 0 saturated carbocycles. The summed E-state index contributed by atoms with van der Waals surface area (Å²) in [7, 11) is 4.51. The molecule has 3 atom stereocenters. The van der Waals surface area contributed by atoms with Crippen LogP contribution in [0.25, 0.3) is 0 Å². The SMILES string of the molecule is CCc1cc(O)ccc1N(Cc1nnn(C)n1)[C@H]1c2cc([N+](=O)[O-])ccc2O[C@](C)(C(OC)OC)[C@@H]1O. The molecule has 2 heterocycles. The van der Waals surface area contributed by atoms with Crippen LogP contribution in [-0.4, -0.2) is 67.6 Å². The number of aliphatic hydroxyl groups is 1. The minimum absolute atomic E-state index is 0.0883. The number of aromatic hydroxyl groups is 1. The van der Waals surface area contributed by atoms with E-state index in [0.29, 0.717) is 29.2 Å². The third-order valence-corrected chi connectivity index (χ3v) is 6.59. The number of hydrogen-bond acceptors (Lipinski definition) is 11. The van der Waals surface area contributed by atoms with Crippen molar-refractivity contribution in [3.8, 4) is 11.5 Å². The number of aromatic nitrogens is 4. The van der Waals surface area contributed by atoms with Crippen molar-refractivity contribution in [2.75, 3.05) is 19.1 Å².